The topological polar surface area (TPSA) is 86.9 Å². The van der Waals surface area contributed by atoms with Gasteiger partial charge in [0, 0.05) is 31.0 Å². The van der Waals surface area contributed by atoms with Gasteiger partial charge in [-0.1, -0.05) is 32.0 Å². The van der Waals surface area contributed by atoms with Crippen LogP contribution in [0.3, 0.4) is 0 Å². The van der Waals surface area contributed by atoms with Crippen LogP contribution in [0.1, 0.15) is 32.4 Å². The molecule has 0 bridgehead atoms. The van der Waals surface area contributed by atoms with Crippen LogP contribution in [-0.4, -0.2) is 44.6 Å². The third-order valence-electron chi connectivity index (χ3n) is 5.77. The van der Waals surface area contributed by atoms with Crippen LogP contribution in [0.25, 0.3) is 16.8 Å². The van der Waals surface area contributed by atoms with Gasteiger partial charge in [0.05, 0.1) is 11.3 Å². The molecule has 1 aliphatic rings. The second-order valence-electron chi connectivity index (χ2n) is 8.54. The smallest absolute Gasteiger partial charge is 0.407 e. The van der Waals surface area contributed by atoms with Gasteiger partial charge in [-0.3, -0.25) is 9.20 Å². The van der Waals surface area contributed by atoms with Crippen LogP contribution < -0.4 is 10.9 Å². The van der Waals surface area contributed by atoms with Crippen LogP contribution in [0.15, 0.2) is 53.5 Å². The van der Waals surface area contributed by atoms with Crippen molar-refractivity contribution in [2.45, 2.75) is 39.2 Å². The largest absolute Gasteiger partial charge is 0.465 e. The maximum atomic E-state index is 13.3. The molecular formula is C24H28N4O3. The van der Waals surface area contributed by atoms with Gasteiger partial charge in [0.2, 0.25) is 0 Å². The van der Waals surface area contributed by atoms with Crippen molar-refractivity contribution in [2.24, 2.45) is 5.92 Å². The summed E-state index contributed by atoms with van der Waals surface area (Å²) in [4.78, 5) is 30.6. The summed E-state index contributed by atoms with van der Waals surface area (Å²) in [6.45, 7) is 5.36. The number of likely N-dealkylation sites (tertiary alicyclic amines) is 1. The van der Waals surface area contributed by atoms with Gasteiger partial charge in [0.25, 0.3) is 5.56 Å². The number of nitrogens with zero attached hydrogens (tertiary/aromatic N) is 3. The van der Waals surface area contributed by atoms with Crippen molar-refractivity contribution in [3.05, 3.63) is 64.7 Å². The van der Waals surface area contributed by atoms with E-state index in [0.717, 1.165) is 36.2 Å². The standard InChI is InChI=1S/C24H28N4O3/c1-16(2)6-11-20-22(23(29)28-13-4-3-5-21(28)26-20)17-7-9-18(10-8-17)25-19-12-14-27(15-19)24(30)31/h3-5,7-10,13,16,19,25H,6,11-12,14-15H2,1-2H3,(H,30,31). The van der Waals surface area contributed by atoms with E-state index >= 15 is 0 Å². The van der Waals surface area contributed by atoms with E-state index in [0.29, 0.717) is 30.2 Å². The van der Waals surface area contributed by atoms with Gasteiger partial charge in [-0.05, 0) is 55.0 Å². The lowest BCUT2D eigenvalue weighted by Crippen LogP contribution is -2.30. The molecule has 0 aliphatic carbocycles. The minimum absolute atomic E-state index is 0.0574. The number of pyridine rings is 1. The summed E-state index contributed by atoms with van der Waals surface area (Å²) in [6.07, 6.45) is 3.37. The zero-order valence-electron chi connectivity index (χ0n) is 17.9. The highest BCUT2D eigenvalue weighted by molar-refractivity contribution is 5.69. The van der Waals surface area contributed by atoms with Crippen LogP contribution in [0.5, 0.6) is 0 Å². The Morgan fingerprint density at radius 3 is 2.68 bits per heavy atom. The number of fused-ring (bicyclic) bond motifs is 1. The first-order valence-electron chi connectivity index (χ1n) is 10.8. The zero-order chi connectivity index (χ0) is 22.0. The summed E-state index contributed by atoms with van der Waals surface area (Å²) in [7, 11) is 0. The van der Waals surface area contributed by atoms with Crippen molar-refractivity contribution in [1.29, 1.82) is 0 Å². The molecule has 7 nitrogen and oxygen atoms in total. The Bertz CT molecular complexity index is 1140. The predicted octanol–water partition coefficient (Wildman–Crippen LogP) is 4.11. The molecule has 1 amide bonds. The molecule has 3 heterocycles. The van der Waals surface area contributed by atoms with E-state index in [1.165, 1.54) is 4.90 Å². The molecule has 0 saturated carbocycles. The average molecular weight is 421 g/mol. The Kier molecular flexibility index (Phi) is 5.93. The molecule has 3 aromatic rings. The first-order chi connectivity index (χ1) is 14.9. The van der Waals surface area contributed by atoms with Crippen molar-refractivity contribution >= 4 is 17.4 Å². The summed E-state index contributed by atoms with van der Waals surface area (Å²) in [5.74, 6) is 0.521. The lowest BCUT2D eigenvalue weighted by molar-refractivity contribution is 0.155. The Balaban J connectivity index is 1.63. The molecule has 1 atom stereocenters. The van der Waals surface area contributed by atoms with Crippen molar-refractivity contribution in [3.8, 4) is 11.1 Å². The summed E-state index contributed by atoms with van der Waals surface area (Å²) >= 11 is 0. The number of benzene rings is 1. The van der Waals surface area contributed by atoms with Crippen molar-refractivity contribution in [2.75, 3.05) is 18.4 Å². The van der Waals surface area contributed by atoms with Crippen molar-refractivity contribution < 1.29 is 9.90 Å². The molecule has 1 unspecified atom stereocenters. The molecule has 31 heavy (non-hydrogen) atoms. The van der Waals surface area contributed by atoms with Crippen LogP contribution in [-0.2, 0) is 6.42 Å². The highest BCUT2D eigenvalue weighted by atomic mass is 16.4. The number of aryl methyl sites for hydroxylation is 1. The number of rotatable bonds is 6. The molecule has 1 aromatic carbocycles. The molecule has 0 radical (unpaired) electrons. The maximum Gasteiger partial charge on any atom is 0.407 e. The van der Waals surface area contributed by atoms with Gasteiger partial charge < -0.3 is 15.3 Å². The Labute approximate surface area is 181 Å². The fourth-order valence-corrected chi connectivity index (χ4v) is 4.05. The third-order valence-corrected chi connectivity index (χ3v) is 5.77. The monoisotopic (exact) mass is 420 g/mol. The number of anilines is 1. The SMILES string of the molecule is CC(C)CCc1nc2ccccn2c(=O)c1-c1ccc(NC2CCN(C(=O)O)C2)cc1. The van der Waals surface area contributed by atoms with Gasteiger partial charge >= 0.3 is 6.09 Å². The summed E-state index contributed by atoms with van der Waals surface area (Å²) < 4.78 is 1.60. The average Bonchev–Trinajstić information content (AvgIpc) is 3.22. The number of nitrogens with one attached hydrogen (secondary N) is 1. The van der Waals surface area contributed by atoms with E-state index < -0.39 is 6.09 Å². The first-order valence-corrected chi connectivity index (χ1v) is 10.8. The second kappa shape index (κ2) is 8.79. The number of carboxylic acid groups (broad SMARTS) is 1. The Hall–Kier alpha value is -3.35. The maximum absolute atomic E-state index is 13.3. The summed E-state index contributed by atoms with van der Waals surface area (Å²) in [5.41, 5.74) is 3.85. The quantitative estimate of drug-likeness (QED) is 0.627. The zero-order valence-corrected chi connectivity index (χ0v) is 17.9. The summed E-state index contributed by atoms with van der Waals surface area (Å²) in [5, 5.41) is 12.5. The fraction of sp³-hybridized carbons (Fsp3) is 0.375. The molecule has 2 N–H and O–H groups in total. The van der Waals surface area contributed by atoms with E-state index in [1.54, 1.807) is 10.6 Å². The molecule has 2 aromatic heterocycles. The molecule has 162 valence electrons. The van der Waals surface area contributed by atoms with E-state index in [2.05, 4.69) is 19.2 Å². The van der Waals surface area contributed by atoms with E-state index in [9.17, 15) is 9.59 Å². The first kappa shape index (κ1) is 20.9. The molecule has 0 spiro atoms. The van der Waals surface area contributed by atoms with Crippen LogP contribution in [0.4, 0.5) is 10.5 Å². The molecule has 1 saturated heterocycles. The number of aromatic nitrogens is 2. The molecule has 1 aliphatic heterocycles. The highest BCUT2D eigenvalue weighted by Gasteiger charge is 2.25. The minimum Gasteiger partial charge on any atom is -0.465 e. The van der Waals surface area contributed by atoms with Crippen LogP contribution >= 0.6 is 0 Å². The lowest BCUT2D eigenvalue weighted by atomic mass is 9.99. The third kappa shape index (κ3) is 4.55. The van der Waals surface area contributed by atoms with Gasteiger partial charge in [0.1, 0.15) is 5.65 Å². The Morgan fingerprint density at radius 1 is 1.23 bits per heavy atom. The predicted molar refractivity (Wildman–Crippen MR) is 122 cm³/mol. The van der Waals surface area contributed by atoms with Crippen LogP contribution in [0, 0.1) is 5.92 Å². The van der Waals surface area contributed by atoms with Crippen molar-refractivity contribution in [1.82, 2.24) is 14.3 Å². The molecule has 7 heteroatoms. The van der Waals surface area contributed by atoms with Gasteiger partial charge in [-0.15, -0.1) is 0 Å². The molecular weight excluding hydrogens is 392 g/mol. The normalized spacial score (nSPS) is 16.2. The number of amides is 1. The number of hydrogen-bond donors (Lipinski definition) is 2. The molecule has 1 fully saturated rings. The number of hydrogen-bond acceptors (Lipinski definition) is 4. The van der Waals surface area contributed by atoms with Gasteiger partial charge in [-0.25, -0.2) is 9.78 Å². The van der Waals surface area contributed by atoms with E-state index in [1.807, 2.05) is 42.5 Å². The second-order valence-corrected chi connectivity index (χ2v) is 8.54. The molecule has 4 rings (SSSR count). The number of carbonyl (C=O) groups is 1. The minimum atomic E-state index is -0.877. The highest BCUT2D eigenvalue weighted by Crippen LogP contribution is 2.25. The van der Waals surface area contributed by atoms with E-state index in [4.69, 9.17) is 10.1 Å². The lowest BCUT2D eigenvalue weighted by Gasteiger charge is -2.16. The Morgan fingerprint density at radius 2 is 2.00 bits per heavy atom. The fourth-order valence-electron chi connectivity index (χ4n) is 4.05. The summed E-state index contributed by atoms with van der Waals surface area (Å²) in [6, 6.07) is 13.5. The van der Waals surface area contributed by atoms with Crippen LogP contribution in [0.2, 0.25) is 0 Å². The van der Waals surface area contributed by atoms with E-state index in [-0.39, 0.29) is 11.6 Å². The van der Waals surface area contributed by atoms with Gasteiger partial charge in [-0.2, -0.15) is 0 Å². The van der Waals surface area contributed by atoms with Crippen molar-refractivity contribution in [3.63, 3.8) is 0 Å². The van der Waals surface area contributed by atoms with Gasteiger partial charge in [0.15, 0.2) is 0 Å².